The first kappa shape index (κ1) is 15.1. The lowest BCUT2D eigenvalue weighted by atomic mass is 9.77. The van der Waals surface area contributed by atoms with E-state index < -0.39 is 8.07 Å². The number of rotatable bonds is 2. The monoisotopic (exact) mass is 314 g/mol. The molecule has 0 amide bonds. The normalized spacial score (nSPS) is 23.1. The van der Waals surface area contributed by atoms with Gasteiger partial charge < -0.3 is 5.73 Å². The molecule has 1 unspecified atom stereocenters. The van der Waals surface area contributed by atoms with Crippen LogP contribution in [0.25, 0.3) is 0 Å². The van der Waals surface area contributed by atoms with Crippen molar-refractivity contribution in [3.8, 4) is 0 Å². The quantitative estimate of drug-likeness (QED) is 0.837. The summed E-state index contributed by atoms with van der Waals surface area (Å²) in [7, 11) is -1.21. The van der Waals surface area contributed by atoms with Crippen molar-refractivity contribution in [3.05, 3.63) is 16.5 Å². The summed E-state index contributed by atoms with van der Waals surface area (Å²) in [6.07, 6.45) is 5.21. The number of nitrogens with zero attached hydrogens (tertiary/aromatic N) is 1. The summed E-state index contributed by atoms with van der Waals surface area (Å²) in [5.74, 6) is 1.61. The fourth-order valence-electron chi connectivity index (χ4n) is 2.77. The van der Waals surface area contributed by atoms with E-state index in [4.69, 9.17) is 10.7 Å². The molecule has 19 heavy (non-hydrogen) atoms. The molecule has 2 N–H and O–H groups in total. The predicted octanol–water partition coefficient (Wildman–Crippen LogP) is 3.15. The highest BCUT2D eigenvalue weighted by Crippen LogP contribution is 2.36. The molecule has 2 nitrogen and oxygen atoms in total. The smallest absolute Gasteiger partial charge is 0.136 e. The molecule has 1 aromatic rings. The van der Waals surface area contributed by atoms with Crippen molar-refractivity contribution in [2.45, 2.75) is 51.4 Å². The van der Waals surface area contributed by atoms with E-state index in [1.165, 1.54) is 29.7 Å². The number of amidine groups is 1. The molecule has 2 heterocycles. The summed E-state index contributed by atoms with van der Waals surface area (Å²) in [6, 6.07) is 2.90. The van der Waals surface area contributed by atoms with Gasteiger partial charge in [-0.1, -0.05) is 26.1 Å². The van der Waals surface area contributed by atoms with Crippen LogP contribution in [-0.2, 0) is 6.42 Å². The second-order valence-electron chi connectivity index (χ2n) is 6.69. The third-order valence-electron chi connectivity index (χ3n) is 4.21. The zero-order chi connectivity index (χ0) is 12.9. The van der Waals surface area contributed by atoms with Crippen molar-refractivity contribution < 1.29 is 0 Å². The van der Waals surface area contributed by atoms with Crippen molar-refractivity contribution in [2.24, 2.45) is 16.6 Å². The van der Waals surface area contributed by atoms with Gasteiger partial charge in [0.25, 0.3) is 0 Å². The van der Waals surface area contributed by atoms with E-state index in [-0.39, 0.29) is 12.4 Å². The molecular formula is C14H23ClN2SSi. The fourth-order valence-corrected chi connectivity index (χ4v) is 5.76. The van der Waals surface area contributed by atoms with Gasteiger partial charge in [-0.25, -0.2) is 0 Å². The molecule has 1 aliphatic heterocycles. The third-order valence-corrected chi connectivity index (χ3v) is 8.99. The number of hydrogen-bond acceptors (Lipinski definition) is 3. The molecule has 0 radical (unpaired) electrons. The maximum absolute atomic E-state index is 6.19. The summed E-state index contributed by atoms with van der Waals surface area (Å²) in [5.41, 5.74) is 7.66. The Labute approximate surface area is 126 Å². The van der Waals surface area contributed by atoms with Crippen LogP contribution >= 0.6 is 23.7 Å². The molecule has 1 aromatic heterocycles. The minimum absolute atomic E-state index is 0. The van der Waals surface area contributed by atoms with Crippen LogP contribution in [0.3, 0.4) is 0 Å². The number of hydrogen-bond donors (Lipinski definition) is 1. The Hall–Kier alpha value is -0.323. The largest absolute Gasteiger partial charge is 0.383 e. The van der Waals surface area contributed by atoms with Crippen LogP contribution in [0.15, 0.2) is 11.1 Å². The van der Waals surface area contributed by atoms with Gasteiger partial charge in [0.1, 0.15) is 5.84 Å². The Bertz CT molecular complexity index is 500. The van der Waals surface area contributed by atoms with E-state index >= 15 is 0 Å². The average molecular weight is 315 g/mol. The Morgan fingerprint density at radius 1 is 1.32 bits per heavy atom. The lowest BCUT2D eigenvalue weighted by Gasteiger charge is -2.33. The third kappa shape index (κ3) is 2.76. The van der Waals surface area contributed by atoms with Gasteiger partial charge in [-0.05, 0) is 41.3 Å². The molecule has 106 valence electrons. The van der Waals surface area contributed by atoms with E-state index in [1.807, 2.05) is 11.3 Å². The summed E-state index contributed by atoms with van der Waals surface area (Å²) < 4.78 is 1.57. The molecule has 1 atom stereocenters. The van der Waals surface area contributed by atoms with Crippen molar-refractivity contribution in [1.82, 2.24) is 0 Å². The van der Waals surface area contributed by atoms with Gasteiger partial charge in [-0.3, -0.25) is 4.99 Å². The van der Waals surface area contributed by atoms with Crippen LogP contribution < -0.4 is 10.2 Å². The molecule has 1 fully saturated rings. The highest BCUT2D eigenvalue weighted by molar-refractivity contribution is 7.27. The fraction of sp³-hybridized carbons (Fsp3) is 0.643. The molecule has 3 rings (SSSR count). The molecule has 1 saturated carbocycles. The Morgan fingerprint density at radius 3 is 2.53 bits per heavy atom. The minimum Gasteiger partial charge on any atom is -0.383 e. The topological polar surface area (TPSA) is 38.4 Å². The van der Waals surface area contributed by atoms with Gasteiger partial charge in [0.2, 0.25) is 0 Å². The first-order chi connectivity index (χ1) is 8.45. The van der Waals surface area contributed by atoms with E-state index in [9.17, 15) is 0 Å². The maximum atomic E-state index is 6.19. The van der Waals surface area contributed by atoms with Gasteiger partial charge in [-0.2, -0.15) is 0 Å². The Morgan fingerprint density at radius 2 is 2.00 bits per heavy atom. The SMILES string of the molecule is C[Si](C)(C)c1cc2c(s1)C(N)=NC(C1CCC1)C2.Cl. The van der Waals surface area contributed by atoms with Crippen LogP contribution in [0, 0.1) is 5.92 Å². The highest BCUT2D eigenvalue weighted by atomic mass is 35.5. The number of halogens is 1. The lowest BCUT2D eigenvalue weighted by molar-refractivity contribution is 0.260. The number of aliphatic imine (C=N–C) groups is 1. The molecular weight excluding hydrogens is 292 g/mol. The van der Waals surface area contributed by atoms with Crippen LogP contribution in [0.1, 0.15) is 29.7 Å². The maximum Gasteiger partial charge on any atom is 0.136 e. The van der Waals surface area contributed by atoms with E-state index in [0.717, 1.165) is 18.2 Å². The second-order valence-corrected chi connectivity index (χ2v) is 13.1. The van der Waals surface area contributed by atoms with Crippen molar-refractivity contribution >= 4 is 42.2 Å². The summed E-state index contributed by atoms with van der Waals surface area (Å²) in [5, 5.41) is 0. The summed E-state index contributed by atoms with van der Waals surface area (Å²) in [6.45, 7) is 7.21. The zero-order valence-electron chi connectivity index (χ0n) is 11.9. The van der Waals surface area contributed by atoms with Crippen LogP contribution in [0.5, 0.6) is 0 Å². The molecule has 1 aliphatic carbocycles. The number of thiophene rings is 1. The van der Waals surface area contributed by atoms with E-state index in [1.54, 1.807) is 4.50 Å². The lowest BCUT2D eigenvalue weighted by Crippen LogP contribution is -2.35. The van der Waals surface area contributed by atoms with E-state index in [2.05, 4.69) is 25.7 Å². The zero-order valence-corrected chi connectivity index (χ0v) is 14.5. The number of nitrogens with two attached hydrogens (primary N) is 1. The van der Waals surface area contributed by atoms with Crippen molar-refractivity contribution in [2.75, 3.05) is 0 Å². The average Bonchev–Trinajstić information content (AvgIpc) is 2.58. The Balaban J connectivity index is 0.00000133. The minimum atomic E-state index is -1.21. The van der Waals surface area contributed by atoms with Gasteiger partial charge in [-0.15, -0.1) is 23.7 Å². The first-order valence-electron chi connectivity index (χ1n) is 6.92. The van der Waals surface area contributed by atoms with Gasteiger partial charge in [0, 0.05) is 0 Å². The molecule has 0 bridgehead atoms. The standard InChI is InChI=1S/C14H22N2SSi.ClH/c1-18(2,3)12-8-10-7-11(9-5-4-6-9)16-14(15)13(10)17-12;/h8-9,11H,4-7H2,1-3H3,(H2,15,16);1H. The highest BCUT2D eigenvalue weighted by Gasteiger charge is 2.32. The van der Waals surface area contributed by atoms with Crippen molar-refractivity contribution in [1.29, 1.82) is 0 Å². The van der Waals surface area contributed by atoms with Crippen LogP contribution in [-0.4, -0.2) is 20.0 Å². The van der Waals surface area contributed by atoms with Gasteiger partial charge in [0.05, 0.1) is 19.0 Å². The molecule has 0 saturated heterocycles. The van der Waals surface area contributed by atoms with Gasteiger partial charge >= 0.3 is 0 Å². The Kier molecular flexibility index (Phi) is 4.14. The number of fused-ring (bicyclic) bond motifs is 1. The van der Waals surface area contributed by atoms with Gasteiger partial charge in [0.15, 0.2) is 0 Å². The molecule has 5 heteroatoms. The predicted molar refractivity (Wildman–Crippen MR) is 90.1 cm³/mol. The summed E-state index contributed by atoms with van der Waals surface area (Å²) in [4.78, 5) is 6.03. The first-order valence-corrected chi connectivity index (χ1v) is 11.2. The van der Waals surface area contributed by atoms with Crippen molar-refractivity contribution in [3.63, 3.8) is 0 Å². The van der Waals surface area contributed by atoms with Crippen LogP contribution in [0.4, 0.5) is 0 Å². The van der Waals surface area contributed by atoms with Crippen LogP contribution in [0.2, 0.25) is 19.6 Å². The molecule has 0 aromatic carbocycles. The summed E-state index contributed by atoms with van der Waals surface area (Å²) >= 11 is 1.90. The molecule has 0 spiro atoms. The molecule has 2 aliphatic rings. The van der Waals surface area contributed by atoms with E-state index in [0.29, 0.717) is 6.04 Å². The second kappa shape index (κ2) is 5.22.